The van der Waals surface area contributed by atoms with E-state index in [0.29, 0.717) is 40.9 Å². The van der Waals surface area contributed by atoms with Crippen LogP contribution in [0.25, 0.3) is 22.9 Å². The minimum Gasteiger partial charge on any atom is -0.462 e. The number of nitrogens with zero attached hydrogens (tertiary/aromatic N) is 3. The second kappa shape index (κ2) is 7.30. The summed E-state index contributed by atoms with van der Waals surface area (Å²) in [5.41, 5.74) is 3.18. The zero-order valence-electron chi connectivity index (χ0n) is 14.0. The maximum Gasteiger partial charge on any atom is 0.339 e. The van der Waals surface area contributed by atoms with E-state index in [9.17, 15) is 4.79 Å². The summed E-state index contributed by atoms with van der Waals surface area (Å²) in [6.07, 6.45) is 0. The molecule has 0 atom stereocenters. The quantitative estimate of drug-likeness (QED) is 0.439. The van der Waals surface area contributed by atoms with Crippen molar-refractivity contribution in [2.75, 3.05) is 6.61 Å². The third kappa shape index (κ3) is 3.71. The number of benzene rings is 1. The Balaban J connectivity index is 2.02. The van der Waals surface area contributed by atoms with Gasteiger partial charge in [-0.2, -0.15) is 0 Å². The van der Waals surface area contributed by atoms with E-state index in [1.165, 1.54) is 0 Å². The fraction of sp³-hybridized carbons (Fsp3) is 0.222. The number of carbonyl (C=O) groups excluding carboxylic acids is 1. The number of carbonyl (C=O) groups is 1. The Bertz CT molecular complexity index is 937. The summed E-state index contributed by atoms with van der Waals surface area (Å²) in [6.45, 7) is 5.68. The van der Waals surface area contributed by atoms with Crippen molar-refractivity contribution in [1.29, 1.82) is 0 Å². The van der Waals surface area contributed by atoms with Crippen LogP contribution in [-0.2, 0) is 4.74 Å². The van der Waals surface area contributed by atoms with Gasteiger partial charge in [0.2, 0.25) is 11.8 Å². The van der Waals surface area contributed by atoms with Crippen LogP contribution in [0, 0.1) is 17.4 Å². The summed E-state index contributed by atoms with van der Waals surface area (Å²) in [5, 5.41) is 8.23. The molecule has 0 aliphatic heterocycles. The van der Waals surface area contributed by atoms with Crippen LogP contribution in [0.2, 0.25) is 0 Å². The van der Waals surface area contributed by atoms with E-state index >= 15 is 0 Å². The SMILES string of the molecule is CCOC(=O)c1cc(-c2nnc(-c3cccc(I)c3)o2)c(C)nc1C. The number of esters is 1. The lowest BCUT2D eigenvalue weighted by atomic mass is 10.1. The highest BCUT2D eigenvalue weighted by molar-refractivity contribution is 14.1. The molecule has 0 radical (unpaired) electrons. The van der Waals surface area contributed by atoms with E-state index in [-0.39, 0.29) is 0 Å². The average molecular weight is 449 g/mol. The van der Waals surface area contributed by atoms with Gasteiger partial charge >= 0.3 is 5.97 Å². The first-order valence-electron chi connectivity index (χ1n) is 7.74. The van der Waals surface area contributed by atoms with Gasteiger partial charge in [0.25, 0.3) is 0 Å². The first kappa shape index (κ1) is 17.5. The van der Waals surface area contributed by atoms with Crippen molar-refractivity contribution in [3.05, 3.63) is 50.9 Å². The summed E-state index contributed by atoms with van der Waals surface area (Å²) < 4.78 is 12.0. The Morgan fingerprint density at radius 3 is 2.64 bits per heavy atom. The number of pyridine rings is 1. The summed E-state index contributed by atoms with van der Waals surface area (Å²) in [6, 6.07) is 9.48. The fourth-order valence-electron chi connectivity index (χ4n) is 2.43. The van der Waals surface area contributed by atoms with E-state index in [0.717, 1.165) is 9.13 Å². The Hall–Kier alpha value is -2.29. The molecular weight excluding hydrogens is 433 g/mol. The van der Waals surface area contributed by atoms with Gasteiger partial charge in [-0.3, -0.25) is 4.98 Å². The zero-order chi connectivity index (χ0) is 18.0. The lowest BCUT2D eigenvalue weighted by Gasteiger charge is -2.08. The molecule has 6 nitrogen and oxygen atoms in total. The van der Waals surface area contributed by atoms with Gasteiger partial charge in [0.15, 0.2) is 0 Å². The molecule has 0 aliphatic carbocycles. The molecule has 0 bridgehead atoms. The van der Waals surface area contributed by atoms with Crippen molar-refractivity contribution < 1.29 is 13.9 Å². The van der Waals surface area contributed by atoms with Crippen LogP contribution < -0.4 is 0 Å². The van der Waals surface area contributed by atoms with Crippen molar-refractivity contribution in [3.63, 3.8) is 0 Å². The van der Waals surface area contributed by atoms with Gasteiger partial charge in [-0.1, -0.05) is 6.07 Å². The smallest absolute Gasteiger partial charge is 0.339 e. The molecule has 2 heterocycles. The fourth-order valence-corrected chi connectivity index (χ4v) is 2.97. The van der Waals surface area contributed by atoms with Gasteiger partial charge in [-0.25, -0.2) is 4.79 Å². The van der Waals surface area contributed by atoms with E-state index in [1.54, 1.807) is 19.9 Å². The summed E-state index contributed by atoms with van der Waals surface area (Å²) in [4.78, 5) is 16.5. The highest BCUT2D eigenvalue weighted by Gasteiger charge is 2.19. The van der Waals surface area contributed by atoms with Crippen LogP contribution in [-0.4, -0.2) is 27.8 Å². The normalized spacial score (nSPS) is 10.7. The Labute approximate surface area is 158 Å². The Kier molecular flexibility index (Phi) is 5.12. The molecule has 0 aliphatic rings. The van der Waals surface area contributed by atoms with Crippen LogP contribution in [0.3, 0.4) is 0 Å². The minimum atomic E-state index is -0.411. The number of aryl methyl sites for hydroxylation is 2. The summed E-state index contributed by atoms with van der Waals surface area (Å²) in [7, 11) is 0. The molecule has 3 aromatic rings. The predicted molar refractivity (Wildman–Crippen MR) is 101 cm³/mol. The second-order valence-corrected chi connectivity index (χ2v) is 6.64. The number of aromatic nitrogens is 3. The number of hydrogen-bond donors (Lipinski definition) is 0. The van der Waals surface area contributed by atoms with Gasteiger partial charge in [-0.15, -0.1) is 10.2 Å². The number of halogens is 1. The van der Waals surface area contributed by atoms with Crippen molar-refractivity contribution in [3.8, 4) is 22.9 Å². The van der Waals surface area contributed by atoms with Gasteiger partial charge in [0, 0.05) is 9.13 Å². The Morgan fingerprint density at radius 2 is 1.92 bits per heavy atom. The van der Waals surface area contributed by atoms with Crippen molar-refractivity contribution in [2.45, 2.75) is 20.8 Å². The first-order chi connectivity index (χ1) is 12.0. The first-order valence-corrected chi connectivity index (χ1v) is 8.82. The zero-order valence-corrected chi connectivity index (χ0v) is 16.2. The van der Waals surface area contributed by atoms with Gasteiger partial charge in [-0.05, 0) is 67.6 Å². The maximum atomic E-state index is 12.1. The lowest BCUT2D eigenvalue weighted by molar-refractivity contribution is 0.0525. The van der Waals surface area contributed by atoms with Crippen LogP contribution in [0.4, 0.5) is 0 Å². The lowest BCUT2D eigenvalue weighted by Crippen LogP contribution is -2.09. The van der Waals surface area contributed by atoms with Crippen LogP contribution in [0.15, 0.2) is 34.7 Å². The molecule has 3 rings (SSSR count). The van der Waals surface area contributed by atoms with Crippen molar-refractivity contribution in [2.24, 2.45) is 0 Å². The number of rotatable bonds is 4. The maximum absolute atomic E-state index is 12.1. The molecule has 25 heavy (non-hydrogen) atoms. The Morgan fingerprint density at radius 1 is 1.16 bits per heavy atom. The molecule has 0 N–H and O–H groups in total. The topological polar surface area (TPSA) is 78.1 Å². The predicted octanol–water partition coefficient (Wildman–Crippen LogP) is 4.20. The van der Waals surface area contributed by atoms with Crippen molar-refractivity contribution >= 4 is 28.6 Å². The molecule has 0 unspecified atom stereocenters. The van der Waals surface area contributed by atoms with Gasteiger partial charge < -0.3 is 9.15 Å². The van der Waals surface area contributed by atoms with Crippen LogP contribution >= 0.6 is 22.6 Å². The largest absolute Gasteiger partial charge is 0.462 e. The highest BCUT2D eigenvalue weighted by atomic mass is 127. The van der Waals surface area contributed by atoms with E-state index in [1.807, 2.05) is 31.2 Å². The van der Waals surface area contributed by atoms with Crippen LogP contribution in [0.1, 0.15) is 28.7 Å². The third-order valence-corrected chi connectivity index (χ3v) is 4.30. The monoisotopic (exact) mass is 449 g/mol. The van der Waals surface area contributed by atoms with Crippen LogP contribution in [0.5, 0.6) is 0 Å². The van der Waals surface area contributed by atoms with Gasteiger partial charge in [0.1, 0.15) is 0 Å². The summed E-state index contributed by atoms with van der Waals surface area (Å²) >= 11 is 2.23. The van der Waals surface area contributed by atoms with E-state index < -0.39 is 5.97 Å². The average Bonchev–Trinajstić information content (AvgIpc) is 3.05. The molecule has 0 saturated heterocycles. The molecule has 7 heteroatoms. The molecule has 0 saturated carbocycles. The molecule has 128 valence electrons. The molecule has 1 aromatic carbocycles. The second-order valence-electron chi connectivity index (χ2n) is 5.40. The number of hydrogen-bond acceptors (Lipinski definition) is 6. The summed E-state index contributed by atoms with van der Waals surface area (Å²) in [5.74, 6) is 0.335. The highest BCUT2D eigenvalue weighted by Crippen LogP contribution is 2.28. The standard InChI is InChI=1S/C18H16IN3O3/c1-4-24-18(23)15-9-14(10(2)20-11(15)3)17-22-21-16(25-17)12-6-5-7-13(19)8-12/h5-9H,4H2,1-3H3. The number of ether oxygens (including phenoxy) is 1. The molecular formula is C18H16IN3O3. The van der Waals surface area contributed by atoms with E-state index in [2.05, 4.69) is 37.8 Å². The third-order valence-electron chi connectivity index (χ3n) is 3.63. The van der Waals surface area contributed by atoms with Crippen molar-refractivity contribution in [1.82, 2.24) is 15.2 Å². The molecule has 0 amide bonds. The molecule has 0 fully saturated rings. The minimum absolute atomic E-state index is 0.304. The molecule has 0 spiro atoms. The van der Waals surface area contributed by atoms with E-state index in [4.69, 9.17) is 9.15 Å². The molecule has 2 aromatic heterocycles. The van der Waals surface area contributed by atoms with Gasteiger partial charge in [0.05, 0.1) is 29.1 Å².